The van der Waals surface area contributed by atoms with Gasteiger partial charge in [0.15, 0.2) is 6.29 Å². The number of hydrogen-bond donors (Lipinski definition) is 2. The van der Waals surface area contributed by atoms with E-state index in [2.05, 4.69) is 22.9 Å². The molecule has 0 aromatic carbocycles. The zero-order valence-corrected chi connectivity index (χ0v) is 7.15. The molecule has 0 saturated carbocycles. The Hall–Kier alpha value is 0.610. The van der Waals surface area contributed by atoms with Gasteiger partial charge in [-0.15, -0.1) is 0 Å². The van der Waals surface area contributed by atoms with Gasteiger partial charge in [-0.2, -0.15) is 0 Å². The Morgan fingerprint density at radius 2 is 2.22 bits per heavy atom. The minimum atomic E-state index is -1.16. The third-order valence-corrected chi connectivity index (χ3v) is 2.77. The van der Waals surface area contributed by atoms with Gasteiger partial charge in [0, 0.05) is 29.4 Å². The van der Waals surface area contributed by atoms with Crippen molar-refractivity contribution in [3.05, 3.63) is 0 Å². The van der Waals surface area contributed by atoms with Crippen LogP contribution in [0.5, 0.6) is 0 Å². The molecule has 1 unspecified atom stereocenters. The number of aliphatic hydroxyl groups excluding tert-OH is 1. The summed E-state index contributed by atoms with van der Waals surface area (Å²) in [5.74, 6) is 0. The third kappa shape index (κ3) is 1.76. The number of halogens is 1. The summed E-state index contributed by atoms with van der Waals surface area (Å²) < 4.78 is 1.95. The molecular weight excluding hydrogens is 233 g/mol. The van der Waals surface area contributed by atoms with Gasteiger partial charge in [0.05, 0.1) is 6.04 Å². The van der Waals surface area contributed by atoms with E-state index in [1.165, 1.54) is 0 Å². The lowest BCUT2D eigenvalue weighted by atomic mass is 10.2. The number of rotatable bonds is 1. The molecule has 0 aliphatic carbocycles. The first-order valence-electron chi connectivity index (χ1n) is 3.00. The van der Waals surface area contributed by atoms with Gasteiger partial charge in [0.25, 0.3) is 0 Å². The maximum atomic E-state index is 8.73. The summed E-state index contributed by atoms with van der Waals surface area (Å²) >= 11 is 2.12. The first kappa shape index (κ1) is 7.71. The Morgan fingerprint density at radius 1 is 1.56 bits per heavy atom. The molecule has 1 heterocycles. The molecule has 1 rings (SSSR count). The average Bonchev–Trinajstić information content (AvgIpc) is 2.13. The van der Waals surface area contributed by atoms with E-state index < -0.39 is 6.29 Å². The minimum absolute atomic E-state index is 0.0365. The van der Waals surface area contributed by atoms with Crippen LogP contribution in [0.15, 0.2) is 0 Å². The fourth-order valence-corrected chi connectivity index (χ4v) is 1.96. The number of nitrogens with zero attached hydrogens (tertiary/aromatic N) is 1. The molecule has 0 bridgehead atoms. The lowest BCUT2D eigenvalue weighted by Gasteiger charge is -2.18. The zero-order valence-electron chi connectivity index (χ0n) is 5.00. The van der Waals surface area contributed by atoms with Gasteiger partial charge in [-0.05, 0) is 12.8 Å². The van der Waals surface area contributed by atoms with E-state index in [0.717, 1.165) is 19.4 Å². The van der Waals surface area contributed by atoms with Gasteiger partial charge >= 0.3 is 0 Å². The van der Waals surface area contributed by atoms with E-state index >= 15 is 0 Å². The van der Waals surface area contributed by atoms with Crippen molar-refractivity contribution in [3.8, 4) is 0 Å². The highest BCUT2D eigenvalue weighted by Crippen LogP contribution is 2.22. The van der Waals surface area contributed by atoms with Gasteiger partial charge < -0.3 is 10.2 Å². The Morgan fingerprint density at radius 3 is 2.44 bits per heavy atom. The predicted octanol–water partition coefficient (Wildman–Crippen LogP) is 0.111. The lowest BCUT2D eigenvalue weighted by molar-refractivity contribution is -0.0729. The van der Waals surface area contributed by atoms with Crippen molar-refractivity contribution in [1.29, 1.82) is 0 Å². The highest BCUT2D eigenvalue weighted by molar-refractivity contribution is 14.1. The summed E-state index contributed by atoms with van der Waals surface area (Å²) in [7, 11) is 0. The molecule has 3 nitrogen and oxygen atoms in total. The second-order valence-electron chi connectivity index (χ2n) is 2.25. The highest BCUT2D eigenvalue weighted by Gasteiger charge is 2.27. The monoisotopic (exact) mass is 243 g/mol. The summed E-state index contributed by atoms with van der Waals surface area (Å²) in [5, 5.41) is 17.5. The largest absolute Gasteiger partial charge is 0.367 e. The molecule has 1 saturated heterocycles. The SMILES string of the molecule is OC(O)C1CCCN1I. The summed E-state index contributed by atoms with van der Waals surface area (Å²) in [6.07, 6.45) is 0.815. The molecule has 2 N–H and O–H groups in total. The van der Waals surface area contributed by atoms with Gasteiger partial charge in [0.2, 0.25) is 0 Å². The van der Waals surface area contributed by atoms with Crippen LogP contribution in [0.1, 0.15) is 12.8 Å². The molecule has 1 aliphatic heterocycles. The Balaban J connectivity index is 2.40. The lowest BCUT2D eigenvalue weighted by Crippen LogP contribution is -2.32. The van der Waals surface area contributed by atoms with E-state index in [1.807, 2.05) is 3.11 Å². The maximum Gasteiger partial charge on any atom is 0.168 e. The van der Waals surface area contributed by atoms with Crippen LogP contribution in [-0.4, -0.2) is 32.2 Å². The highest BCUT2D eigenvalue weighted by atomic mass is 127. The van der Waals surface area contributed by atoms with Crippen molar-refractivity contribution in [2.24, 2.45) is 0 Å². The summed E-state index contributed by atoms with van der Waals surface area (Å²) in [4.78, 5) is 0. The first-order chi connectivity index (χ1) is 4.22. The molecule has 4 heteroatoms. The summed E-state index contributed by atoms with van der Waals surface area (Å²) in [5.41, 5.74) is 0. The number of aliphatic hydroxyl groups is 2. The molecular formula is C5H10INO2. The topological polar surface area (TPSA) is 43.7 Å². The smallest absolute Gasteiger partial charge is 0.168 e. The molecule has 1 atom stereocenters. The first-order valence-corrected chi connectivity index (χ1v) is 3.97. The average molecular weight is 243 g/mol. The van der Waals surface area contributed by atoms with Gasteiger partial charge in [-0.3, -0.25) is 0 Å². The fourth-order valence-electron chi connectivity index (χ4n) is 1.05. The molecule has 1 fully saturated rings. The van der Waals surface area contributed by atoms with Crippen molar-refractivity contribution in [2.75, 3.05) is 6.54 Å². The maximum absolute atomic E-state index is 8.73. The van der Waals surface area contributed by atoms with Gasteiger partial charge in [-0.1, -0.05) is 0 Å². The van der Waals surface area contributed by atoms with E-state index in [0.29, 0.717) is 0 Å². The second kappa shape index (κ2) is 3.14. The van der Waals surface area contributed by atoms with Crippen molar-refractivity contribution in [3.63, 3.8) is 0 Å². The van der Waals surface area contributed by atoms with E-state index in [-0.39, 0.29) is 6.04 Å². The van der Waals surface area contributed by atoms with Crippen molar-refractivity contribution in [2.45, 2.75) is 25.2 Å². The molecule has 0 aromatic rings. The van der Waals surface area contributed by atoms with E-state index in [1.54, 1.807) is 0 Å². The van der Waals surface area contributed by atoms with Crippen LogP contribution >= 0.6 is 22.9 Å². The molecule has 0 spiro atoms. The molecule has 0 aromatic heterocycles. The van der Waals surface area contributed by atoms with Crippen LogP contribution in [0, 0.1) is 0 Å². The fraction of sp³-hybridized carbons (Fsp3) is 1.00. The van der Waals surface area contributed by atoms with Crippen LogP contribution in [0.4, 0.5) is 0 Å². The van der Waals surface area contributed by atoms with Gasteiger partial charge in [0.1, 0.15) is 0 Å². The predicted molar refractivity (Wildman–Crippen MR) is 42.0 cm³/mol. The second-order valence-corrected chi connectivity index (χ2v) is 3.49. The van der Waals surface area contributed by atoms with Gasteiger partial charge in [-0.25, -0.2) is 3.11 Å². The van der Waals surface area contributed by atoms with Crippen LogP contribution in [-0.2, 0) is 0 Å². The molecule has 54 valence electrons. The Bertz CT molecular complexity index is 99.0. The standard InChI is InChI=1S/C5H10INO2/c6-7-3-1-2-4(7)5(8)9/h4-5,8-9H,1-3H2. The quantitative estimate of drug-likeness (QED) is 0.390. The summed E-state index contributed by atoms with van der Waals surface area (Å²) in [6.45, 7) is 0.975. The van der Waals surface area contributed by atoms with Crippen LogP contribution in [0.3, 0.4) is 0 Å². The van der Waals surface area contributed by atoms with Crippen molar-refractivity contribution >= 4 is 22.9 Å². The van der Waals surface area contributed by atoms with Crippen molar-refractivity contribution in [1.82, 2.24) is 3.11 Å². The minimum Gasteiger partial charge on any atom is -0.367 e. The molecule has 1 aliphatic rings. The van der Waals surface area contributed by atoms with Crippen LogP contribution < -0.4 is 0 Å². The normalized spacial score (nSPS) is 30.0. The Labute approximate surface area is 68.2 Å². The summed E-state index contributed by atoms with van der Waals surface area (Å²) in [6, 6.07) is -0.0365. The van der Waals surface area contributed by atoms with Crippen LogP contribution in [0.25, 0.3) is 0 Å². The molecule has 0 radical (unpaired) electrons. The third-order valence-electron chi connectivity index (χ3n) is 1.58. The van der Waals surface area contributed by atoms with E-state index in [9.17, 15) is 0 Å². The van der Waals surface area contributed by atoms with Crippen LogP contribution in [0.2, 0.25) is 0 Å². The molecule has 9 heavy (non-hydrogen) atoms. The van der Waals surface area contributed by atoms with Crippen molar-refractivity contribution < 1.29 is 10.2 Å². The van der Waals surface area contributed by atoms with E-state index in [4.69, 9.17) is 10.2 Å². The zero-order chi connectivity index (χ0) is 6.85. The molecule has 0 amide bonds. The number of hydrogen-bond acceptors (Lipinski definition) is 3. The Kier molecular flexibility index (Phi) is 2.69.